The molecule has 4 aromatic rings. The number of carbonyl (C=O) groups excluding carboxylic acids is 1. The summed E-state index contributed by atoms with van der Waals surface area (Å²) in [6.07, 6.45) is 0.328. The van der Waals surface area contributed by atoms with Crippen LogP contribution in [-0.2, 0) is 16.0 Å². The summed E-state index contributed by atoms with van der Waals surface area (Å²) in [5, 5.41) is 13.7. The predicted molar refractivity (Wildman–Crippen MR) is 135 cm³/mol. The van der Waals surface area contributed by atoms with Gasteiger partial charge in [0, 0.05) is 21.9 Å². The van der Waals surface area contributed by atoms with Gasteiger partial charge in [-0.1, -0.05) is 50.6 Å². The Morgan fingerprint density at radius 1 is 1.00 bits per heavy atom. The number of fused-ring (bicyclic) bond motifs is 2. The number of hydrogen-bond donors (Lipinski definition) is 2. The van der Waals surface area contributed by atoms with E-state index in [9.17, 15) is 19.5 Å². The molecular formula is C28H29NO6. The third-order valence-electron chi connectivity index (χ3n) is 6.83. The van der Waals surface area contributed by atoms with Crippen molar-refractivity contribution in [3.8, 4) is 11.1 Å². The van der Waals surface area contributed by atoms with Crippen molar-refractivity contribution >= 4 is 33.8 Å². The topological polar surface area (TPSA) is 110 Å². The van der Waals surface area contributed by atoms with E-state index < -0.39 is 23.5 Å². The van der Waals surface area contributed by atoms with Gasteiger partial charge < -0.3 is 19.3 Å². The summed E-state index contributed by atoms with van der Waals surface area (Å²) >= 11 is 0. The number of carbonyl (C=O) groups is 2. The Bertz CT molecular complexity index is 1500. The first-order valence-electron chi connectivity index (χ1n) is 11.7. The molecule has 4 rings (SSSR count). The molecule has 0 fully saturated rings. The van der Waals surface area contributed by atoms with Gasteiger partial charge in [-0.05, 0) is 43.9 Å². The number of nitrogens with one attached hydrogen (secondary N) is 1. The lowest BCUT2D eigenvalue weighted by atomic mass is 9.96. The molecule has 2 heterocycles. The Morgan fingerprint density at radius 3 is 2.29 bits per heavy atom. The van der Waals surface area contributed by atoms with Gasteiger partial charge in [0.15, 0.2) is 0 Å². The fraction of sp³-hybridized carbons (Fsp3) is 0.321. The van der Waals surface area contributed by atoms with E-state index in [0.29, 0.717) is 34.1 Å². The van der Waals surface area contributed by atoms with Crippen LogP contribution in [0.3, 0.4) is 0 Å². The van der Waals surface area contributed by atoms with E-state index >= 15 is 0 Å². The van der Waals surface area contributed by atoms with Crippen LogP contribution in [0.15, 0.2) is 50.0 Å². The number of rotatable bonds is 7. The number of carboxylic acids is 1. The standard InChI is InChI=1S/C28H29NO6/c1-6-14(2)24(27(31)32)29-22(30)13-20-15(3)19-12-21-23(18-10-8-7-9-11-18)17(5)34-26(21)16(4)25(19)35-28(20)33/h7-12,14,24H,6,13H2,1-5H3,(H,29,30)(H,31,32)/t14-,24+/m1/s1. The van der Waals surface area contributed by atoms with Gasteiger partial charge in [0.1, 0.15) is 23.0 Å². The predicted octanol–water partition coefficient (Wildman–Crippen LogP) is 5.29. The average molecular weight is 476 g/mol. The zero-order valence-electron chi connectivity index (χ0n) is 20.5. The molecule has 0 bridgehead atoms. The second-order valence-corrected chi connectivity index (χ2v) is 9.09. The lowest BCUT2D eigenvalue weighted by Gasteiger charge is -2.20. The van der Waals surface area contributed by atoms with E-state index in [1.807, 2.05) is 57.2 Å². The summed E-state index contributed by atoms with van der Waals surface area (Å²) in [5.41, 5.74) is 3.99. The summed E-state index contributed by atoms with van der Waals surface area (Å²) < 4.78 is 11.8. The van der Waals surface area contributed by atoms with E-state index in [2.05, 4.69) is 5.32 Å². The summed E-state index contributed by atoms with van der Waals surface area (Å²) in [6, 6.07) is 10.8. The number of benzene rings is 2. The molecule has 2 atom stereocenters. The maximum Gasteiger partial charge on any atom is 0.340 e. The highest BCUT2D eigenvalue weighted by Crippen LogP contribution is 2.39. The van der Waals surface area contributed by atoms with Gasteiger partial charge in [0.2, 0.25) is 5.91 Å². The molecule has 7 heteroatoms. The van der Waals surface area contributed by atoms with Gasteiger partial charge in [0.25, 0.3) is 0 Å². The highest BCUT2D eigenvalue weighted by Gasteiger charge is 2.27. The first-order valence-corrected chi connectivity index (χ1v) is 11.7. The van der Waals surface area contributed by atoms with Crippen molar-refractivity contribution in [2.24, 2.45) is 5.92 Å². The molecule has 0 aliphatic heterocycles. The molecule has 0 saturated carbocycles. The summed E-state index contributed by atoms with van der Waals surface area (Å²) in [6.45, 7) is 9.16. The third-order valence-corrected chi connectivity index (χ3v) is 6.83. The number of furan rings is 1. The number of aryl methyl sites for hydroxylation is 3. The minimum atomic E-state index is -1.10. The Kier molecular flexibility index (Phi) is 6.52. The molecule has 0 unspecified atom stereocenters. The van der Waals surface area contributed by atoms with Crippen LogP contribution < -0.4 is 10.9 Å². The highest BCUT2D eigenvalue weighted by atomic mass is 16.4. The van der Waals surface area contributed by atoms with Crippen LogP contribution in [0.4, 0.5) is 0 Å². The van der Waals surface area contributed by atoms with Crippen molar-refractivity contribution in [3.05, 3.63) is 69.3 Å². The van der Waals surface area contributed by atoms with Crippen molar-refractivity contribution < 1.29 is 23.5 Å². The minimum Gasteiger partial charge on any atom is -0.480 e. The first-order chi connectivity index (χ1) is 16.6. The Balaban J connectivity index is 1.82. The largest absolute Gasteiger partial charge is 0.480 e. The molecule has 0 saturated heterocycles. The van der Waals surface area contributed by atoms with Crippen molar-refractivity contribution in [2.45, 2.75) is 53.5 Å². The van der Waals surface area contributed by atoms with Gasteiger partial charge in [0.05, 0.1) is 12.0 Å². The van der Waals surface area contributed by atoms with E-state index in [0.717, 1.165) is 22.3 Å². The van der Waals surface area contributed by atoms with Crippen molar-refractivity contribution in [1.29, 1.82) is 0 Å². The quantitative estimate of drug-likeness (QED) is 0.352. The molecule has 2 N–H and O–H groups in total. The Hall–Kier alpha value is -3.87. The number of aliphatic carboxylic acids is 1. The Labute approximate surface area is 202 Å². The molecule has 0 aliphatic carbocycles. The second-order valence-electron chi connectivity index (χ2n) is 9.09. The molecule has 35 heavy (non-hydrogen) atoms. The smallest absolute Gasteiger partial charge is 0.340 e. The van der Waals surface area contributed by atoms with Crippen LogP contribution in [0.25, 0.3) is 33.1 Å². The molecule has 182 valence electrons. The van der Waals surface area contributed by atoms with Gasteiger partial charge in [-0.2, -0.15) is 0 Å². The fourth-order valence-electron chi connectivity index (χ4n) is 4.61. The highest BCUT2D eigenvalue weighted by molar-refractivity contribution is 6.06. The van der Waals surface area contributed by atoms with Gasteiger partial charge in [-0.15, -0.1) is 0 Å². The van der Waals surface area contributed by atoms with Crippen molar-refractivity contribution in [3.63, 3.8) is 0 Å². The van der Waals surface area contributed by atoms with Crippen LogP contribution in [0, 0.1) is 26.7 Å². The molecule has 1 amide bonds. The van der Waals surface area contributed by atoms with Crippen LogP contribution in [0.1, 0.15) is 42.7 Å². The normalized spacial score (nSPS) is 13.2. The van der Waals surface area contributed by atoms with Crippen LogP contribution >= 0.6 is 0 Å². The van der Waals surface area contributed by atoms with Crippen molar-refractivity contribution in [1.82, 2.24) is 5.32 Å². The zero-order valence-corrected chi connectivity index (χ0v) is 20.5. The maximum atomic E-state index is 12.9. The SMILES string of the molecule is CC[C@@H](C)[C@H](NC(=O)Cc1c(C)c2cc3c(-c4ccccc4)c(C)oc3c(C)c2oc1=O)C(=O)O. The number of hydrogen-bond acceptors (Lipinski definition) is 5. The lowest BCUT2D eigenvalue weighted by Crippen LogP contribution is -2.45. The van der Waals surface area contributed by atoms with Gasteiger partial charge in [-0.3, -0.25) is 4.79 Å². The van der Waals surface area contributed by atoms with Crippen LogP contribution in [0.5, 0.6) is 0 Å². The maximum absolute atomic E-state index is 12.9. The molecule has 2 aromatic heterocycles. The number of amides is 1. The zero-order chi connectivity index (χ0) is 25.4. The van der Waals surface area contributed by atoms with Gasteiger partial charge >= 0.3 is 11.6 Å². The van der Waals surface area contributed by atoms with Gasteiger partial charge in [-0.25, -0.2) is 9.59 Å². The van der Waals surface area contributed by atoms with Crippen LogP contribution in [-0.4, -0.2) is 23.0 Å². The molecule has 0 radical (unpaired) electrons. The monoisotopic (exact) mass is 475 g/mol. The molecule has 2 aromatic carbocycles. The molecular weight excluding hydrogens is 446 g/mol. The third kappa shape index (κ3) is 4.34. The van der Waals surface area contributed by atoms with Crippen molar-refractivity contribution in [2.75, 3.05) is 0 Å². The first kappa shape index (κ1) is 24.3. The van der Waals surface area contributed by atoms with Crippen LogP contribution in [0.2, 0.25) is 0 Å². The molecule has 7 nitrogen and oxygen atoms in total. The fourth-order valence-corrected chi connectivity index (χ4v) is 4.61. The van der Waals surface area contributed by atoms with E-state index in [1.165, 1.54) is 0 Å². The summed E-state index contributed by atoms with van der Waals surface area (Å²) in [7, 11) is 0. The van der Waals surface area contributed by atoms with E-state index in [4.69, 9.17) is 8.83 Å². The average Bonchev–Trinajstić information content (AvgIpc) is 3.17. The summed E-state index contributed by atoms with van der Waals surface area (Å²) in [5.74, 6) is -1.12. The summed E-state index contributed by atoms with van der Waals surface area (Å²) in [4.78, 5) is 37.2. The molecule has 0 spiro atoms. The molecule has 0 aliphatic rings. The Morgan fingerprint density at radius 2 is 1.66 bits per heavy atom. The lowest BCUT2D eigenvalue weighted by molar-refractivity contribution is -0.143. The van der Waals surface area contributed by atoms with E-state index in [-0.39, 0.29) is 17.9 Å². The number of carboxylic acid groups (broad SMARTS) is 1. The minimum absolute atomic E-state index is 0.212. The second kappa shape index (κ2) is 9.41. The van der Waals surface area contributed by atoms with E-state index in [1.54, 1.807) is 13.8 Å².